The molecule has 1 saturated heterocycles. The summed E-state index contributed by atoms with van der Waals surface area (Å²) in [6, 6.07) is 9.91. The van der Waals surface area contributed by atoms with Crippen molar-refractivity contribution in [2.24, 2.45) is 0 Å². The lowest BCUT2D eigenvalue weighted by atomic mass is 9.97. The average molecular weight is 399 g/mol. The standard InChI is InChI=1S/C21H22N2O2S2/c24-20-18-16-10-4-5-11-17(16)27-19(18)22-21(26-13-15-9-6-12-25-15)23(20)14-7-2-1-3-8-14/h1-3,7-8,15H,4-6,9-13H2/t15-/m0/s1. The molecule has 140 valence electrons. The summed E-state index contributed by atoms with van der Waals surface area (Å²) in [5.41, 5.74) is 2.22. The number of benzene rings is 1. The van der Waals surface area contributed by atoms with Crippen molar-refractivity contribution in [3.05, 3.63) is 51.1 Å². The normalized spacial score (nSPS) is 19.5. The highest BCUT2D eigenvalue weighted by Gasteiger charge is 2.24. The lowest BCUT2D eigenvalue weighted by molar-refractivity contribution is 0.129. The molecule has 0 radical (unpaired) electrons. The topological polar surface area (TPSA) is 44.1 Å². The third-order valence-electron chi connectivity index (χ3n) is 5.39. The van der Waals surface area contributed by atoms with E-state index >= 15 is 0 Å². The van der Waals surface area contributed by atoms with Crippen LogP contribution in [0.5, 0.6) is 0 Å². The second kappa shape index (κ2) is 7.41. The van der Waals surface area contributed by atoms with Crippen LogP contribution in [0.1, 0.15) is 36.1 Å². The summed E-state index contributed by atoms with van der Waals surface area (Å²) in [7, 11) is 0. The van der Waals surface area contributed by atoms with Gasteiger partial charge in [0.05, 0.1) is 17.2 Å². The van der Waals surface area contributed by atoms with E-state index in [0.717, 1.165) is 59.1 Å². The first-order valence-corrected chi connectivity index (χ1v) is 11.5. The number of rotatable bonds is 4. The van der Waals surface area contributed by atoms with E-state index in [1.165, 1.54) is 23.3 Å². The summed E-state index contributed by atoms with van der Waals surface area (Å²) < 4.78 is 7.58. The molecular formula is C21H22N2O2S2. The Hall–Kier alpha value is -1.63. The monoisotopic (exact) mass is 398 g/mol. The number of hydrogen-bond donors (Lipinski definition) is 0. The molecular weight excluding hydrogens is 376 g/mol. The number of nitrogens with zero attached hydrogens (tertiary/aromatic N) is 2. The summed E-state index contributed by atoms with van der Waals surface area (Å²) >= 11 is 3.37. The fourth-order valence-corrected chi connectivity index (χ4v) is 6.41. The van der Waals surface area contributed by atoms with Gasteiger partial charge in [-0.1, -0.05) is 30.0 Å². The Bertz CT molecular complexity index is 1020. The first kappa shape index (κ1) is 17.5. The van der Waals surface area contributed by atoms with Crippen molar-refractivity contribution in [3.8, 4) is 5.69 Å². The summed E-state index contributed by atoms with van der Waals surface area (Å²) in [6.45, 7) is 0.848. The maximum absolute atomic E-state index is 13.6. The molecule has 0 N–H and O–H groups in total. The van der Waals surface area contributed by atoms with Crippen LogP contribution in [0.4, 0.5) is 0 Å². The fourth-order valence-electron chi connectivity index (χ4n) is 4.03. The highest BCUT2D eigenvalue weighted by Crippen LogP contribution is 2.35. The molecule has 3 aromatic rings. The van der Waals surface area contributed by atoms with Gasteiger partial charge < -0.3 is 4.74 Å². The number of hydrogen-bond acceptors (Lipinski definition) is 5. The molecule has 0 saturated carbocycles. The number of thiophene rings is 1. The molecule has 0 amide bonds. The number of ether oxygens (including phenoxy) is 1. The minimum Gasteiger partial charge on any atom is -0.377 e. The number of para-hydroxylation sites is 1. The fraction of sp³-hybridized carbons (Fsp3) is 0.429. The molecule has 2 aromatic heterocycles. The number of aryl methyl sites for hydroxylation is 2. The molecule has 1 aromatic carbocycles. The van der Waals surface area contributed by atoms with E-state index in [4.69, 9.17) is 9.72 Å². The number of aromatic nitrogens is 2. The lowest BCUT2D eigenvalue weighted by Crippen LogP contribution is -2.23. The summed E-state index contributed by atoms with van der Waals surface area (Å²) in [5, 5.41) is 1.63. The summed E-state index contributed by atoms with van der Waals surface area (Å²) in [4.78, 5) is 20.8. The van der Waals surface area contributed by atoms with Gasteiger partial charge in [-0.3, -0.25) is 9.36 Å². The van der Waals surface area contributed by atoms with E-state index in [2.05, 4.69) is 0 Å². The van der Waals surface area contributed by atoms with Crippen LogP contribution in [-0.4, -0.2) is 28.0 Å². The first-order chi connectivity index (χ1) is 13.3. The van der Waals surface area contributed by atoms with E-state index < -0.39 is 0 Å². The molecule has 1 aliphatic carbocycles. The molecule has 0 unspecified atom stereocenters. The molecule has 6 heteroatoms. The Morgan fingerprint density at radius 3 is 2.85 bits per heavy atom. The van der Waals surface area contributed by atoms with Gasteiger partial charge >= 0.3 is 0 Å². The zero-order chi connectivity index (χ0) is 18.2. The van der Waals surface area contributed by atoms with Crippen LogP contribution < -0.4 is 5.56 Å². The van der Waals surface area contributed by atoms with Crippen molar-refractivity contribution in [1.82, 2.24) is 9.55 Å². The van der Waals surface area contributed by atoms with E-state index in [-0.39, 0.29) is 11.7 Å². The van der Waals surface area contributed by atoms with E-state index in [0.29, 0.717) is 0 Å². The average Bonchev–Trinajstić information content (AvgIpc) is 3.34. The predicted molar refractivity (Wildman–Crippen MR) is 112 cm³/mol. The molecule has 27 heavy (non-hydrogen) atoms. The molecule has 0 bridgehead atoms. The Morgan fingerprint density at radius 1 is 1.19 bits per heavy atom. The minimum absolute atomic E-state index is 0.0837. The van der Waals surface area contributed by atoms with Crippen molar-refractivity contribution in [3.63, 3.8) is 0 Å². The van der Waals surface area contributed by atoms with Crippen LogP contribution in [0.3, 0.4) is 0 Å². The smallest absolute Gasteiger partial charge is 0.267 e. The van der Waals surface area contributed by atoms with Crippen LogP contribution in [0.15, 0.2) is 40.3 Å². The van der Waals surface area contributed by atoms with E-state index in [1.54, 1.807) is 23.1 Å². The molecule has 1 atom stereocenters. The van der Waals surface area contributed by atoms with Gasteiger partial charge in [0.25, 0.3) is 5.56 Å². The van der Waals surface area contributed by atoms with Gasteiger partial charge in [-0.2, -0.15) is 0 Å². The van der Waals surface area contributed by atoms with Gasteiger partial charge in [0.2, 0.25) is 0 Å². The van der Waals surface area contributed by atoms with Crippen molar-refractivity contribution >= 4 is 33.3 Å². The van der Waals surface area contributed by atoms with Crippen molar-refractivity contribution < 1.29 is 4.74 Å². The van der Waals surface area contributed by atoms with Gasteiger partial charge in [0, 0.05) is 17.2 Å². The van der Waals surface area contributed by atoms with Crippen LogP contribution in [0, 0.1) is 0 Å². The van der Waals surface area contributed by atoms with Crippen LogP contribution in [0.2, 0.25) is 0 Å². The Kier molecular flexibility index (Phi) is 4.80. The second-order valence-electron chi connectivity index (χ2n) is 7.21. The van der Waals surface area contributed by atoms with E-state index in [9.17, 15) is 4.79 Å². The molecule has 1 fully saturated rings. The third kappa shape index (κ3) is 3.24. The Labute approximate surface area is 166 Å². The molecule has 2 aliphatic rings. The van der Waals surface area contributed by atoms with Gasteiger partial charge in [-0.05, 0) is 56.2 Å². The molecule has 0 spiro atoms. The molecule has 3 heterocycles. The predicted octanol–water partition coefficient (Wildman–Crippen LogP) is 4.60. The SMILES string of the molecule is O=c1c2c3c(sc2nc(SC[C@@H]2CCCO2)n1-c1ccccc1)CCCC3. The van der Waals surface area contributed by atoms with Gasteiger partial charge in [0.15, 0.2) is 5.16 Å². The summed E-state index contributed by atoms with van der Waals surface area (Å²) in [6.07, 6.45) is 6.96. The number of thioether (sulfide) groups is 1. The highest BCUT2D eigenvalue weighted by molar-refractivity contribution is 7.99. The van der Waals surface area contributed by atoms with Crippen molar-refractivity contribution in [2.75, 3.05) is 12.4 Å². The number of fused-ring (bicyclic) bond motifs is 3. The zero-order valence-electron chi connectivity index (χ0n) is 15.1. The molecule has 5 rings (SSSR count). The third-order valence-corrected chi connectivity index (χ3v) is 7.65. The van der Waals surface area contributed by atoms with Crippen LogP contribution in [0.25, 0.3) is 15.9 Å². The Balaban J connectivity index is 1.65. The first-order valence-electron chi connectivity index (χ1n) is 9.68. The van der Waals surface area contributed by atoms with Crippen molar-refractivity contribution in [1.29, 1.82) is 0 Å². The van der Waals surface area contributed by atoms with Gasteiger partial charge in [-0.15, -0.1) is 11.3 Å². The second-order valence-corrected chi connectivity index (χ2v) is 9.28. The molecule has 1 aliphatic heterocycles. The zero-order valence-corrected chi connectivity index (χ0v) is 16.8. The van der Waals surface area contributed by atoms with Crippen LogP contribution >= 0.6 is 23.1 Å². The maximum Gasteiger partial charge on any atom is 0.267 e. The van der Waals surface area contributed by atoms with Gasteiger partial charge in [0.1, 0.15) is 4.83 Å². The summed E-state index contributed by atoms with van der Waals surface area (Å²) in [5.74, 6) is 0.843. The van der Waals surface area contributed by atoms with Crippen molar-refractivity contribution in [2.45, 2.75) is 49.8 Å². The van der Waals surface area contributed by atoms with E-state index in [1.807, 2.05) is 34.9 Å². The maximum atomic E-state index is 13.6. The largest absolute Gasteiger partial charge is 0.377 e. The Morgan fingerprint density at radius 2 is 2.04 bits per heavy atom. The minimum atomic E-state index is 0.0837. The van der Waals surface area contributed by atoms with Crippen LogP contribution in [-0.2, 0) is 17.6 Å². The highest BCUT2D eigenvalue weighted by atomic mass is 32.2. The molecule has 4 nitrogen and oxygen atoms in total. The van der Waals surface area contributed by atoms with Gasteiger partial charge in [-0.25, -0.2) is 4.98 Å². The quantitative estimate of drug-likeness (QED) is 0.476. The lowest BCUT2D eigenvalue weighted by Gasteiger charge is -2.15.